The molecule has 0 radical (unpaired) electrons. The second-order valence-electron chi connectivity index (χ2n) is 5.23. The Morgan fingerprint density at radius 1 is 1.47 bits per heavy atom. The van der Waals surface area contributed by atoms with Gasteiger partial charge in [-0.2, -0.15) is 0 Å². The normalized spacial score (nSPS) is 25.7. The first-order chi connectivity index (χ1) is 6.82. The van der Waals surface area contributed by atoms with E-state index < -0.39 is 13.9 Å². The quantitative estimate of drug-likeness (QED) is 0.743. The van der Waals surface area contributed by atoms with Gasteiger partial charge in [-0.1, -0.05) is 0 Å². The molecule has 82 valence electrons. The lowest BCUT2D eigenvalue weighted by Crippen LogP contribution is -2.44. The first kappa shape index (κ1) is 11.0. The molecule has 0 aromatic carbocycles. The molecule has 1 aliphatic carbocycles. The number of carbonyl (C=O) groups is 1. The van der Waals surface area contributed by atoms with Crippen LogP contribution in [-0.4, -0.2) is 19.7 Å². The average molecular weight is 240 g/mol. The molecule has 0 unspecified atom stereocenters. The molecule has 1 heterocycles. The predicted molar refractivity (Wildman–Crippen MR) is 65.2 cm³/mol. The topological polar surface area (TPSA) is 26.3 Å². The number of hydrogen-bond donors (Lipinski definition) is 0. The van der Waals surface area contributed by atoms with E-state index >= 15 is 0 Å². The zero-order chi connectivity index (χ0) is 11.3. The van der Waals surface area contributed by atoms with E-state index in [9.17, 15) is 4.79 Å². The Bertz CT molecular complexity index is 405. The molecule has 1 aromatic rings. The van der Waals surface area contributed by atoms with Crippen LogP contribution in [0.25, 0.3) is 0 Å². The van der Waals surface area contributed by atoms with Crippen LogP contribution in [0.1, 0.15) is 22.2 Å². The first-order valence-corrected chi connectivity index (χ1v) is 9.42. The van der Waals surface area contributed by atoms with Crippen LogP contribution in [0, 0.1) is 0 Å². The molecule has 1 aliphatic rings. The van der Waals surface area contributed by atoms with Crippen LogP contribution >= 0.6 is 11.3 Å². The number of thiophene rings is 1. The van der Waals surface area contributed by atoms with Gasteiger partial charge in [0.05, 0.1) is 4.88 Å². The van der Waals surface area contributed by atoms with Gasteiger partial charge in [0.25, 0.3) is 0 Å². The monoisotopic (exact) mass is 240 g/mol. The minimum absolute atomic E-state index is 0.176. The van der Waals surface area contributed by atoms with Crippen LogP contribution in [0.2, 0.25) is 19.6 Å². The summed E-state index contributed by atoms with van der Waals surface area (Å²) in [6, 6.07) is 2.04. The Hall–Kier alpha value is -0.453. The summed E-state index contributed by atoms with van der Waals surface area (Å²) in [4.78, 5) is 13.1. The lowest BCUT2D eigenvalue weighted by atomic mass is 10.0. The fourth-order valence-corrected chi connectivity index (χ4v) is 4.62. The maximum atomic E-state index is 12.2. The molecule has 0 N–H and O–H groups in total. The fourth-order valence-electron chi connectivity index (χ4n) is 2.12. The van der Waals surface area contributed by atoms with Crippen molar-refractivity contribution < 1.29 is 9.22 Å². The highest BCUT2D eigenvalue weighted by molar-refractivity contribution is 7.12. The van der Waals surface area contributed by atoms with Gasteiger partial charge in [0, 0.05) is 6.42 Å². The predicted octanol–water partition coefficient (Wildman–Crippen LogP) is 3.10. The molecule has 0 fully saturated rings. The zero-order valence-electron chi connectivity index (χ0n) is 9.59. The number of rotatable bonds is 2. The smallest absolute Gasteiger partial charge is 0.203 e. The van der Waals surface area contributed by atoms with Gasteiger partial charge < -0.3 is 4.43 Å². The molecule has 2 nitrogen and oxygen atoms in total. The van der Waals surface area contributed by atoms with Crippen molar-refractivity contribution in [1.29, 1.82) is 0 Å². The molecule has 1 aromatic heterocycles. The van der Waals surface area contributed by atoms with Crippen molar-refractivity contribution in [3.63, 3.8) is 0 Å². The number of carbonyl (C=O) groups excluding carboxylic acids is 1. The Kier molecular flexibility index (Phi) is 2.41. The van der Waals surface area contributed by atoms with Crippen LogP contribution in [0.15, 0.2) is 11.4 Å². The minimum atomic E-state index is -1.67. The summed E-state index contributed by atoms with van der Waals surface area (Å²) in [5.74, 6) is 0.176. The molecule has 1 atom stereocenters. The molecule has 0 bridgehead atoms. The maximum absolute atomic E-state index is 12.2. The molecule has 2 rings (SSSR count). The third-order valence-electron chi connectivity index (χ3n) is 2.49. The van der Waals surface area contributed by atoms with E-state index in [2.05, 4.69) is 19.6 Å². The Balaban J connectivity index is 2.28. The summed E-state index contributed by atoms with van der Waals surface area (Å²) in [6.07, 6.45) is 0.745. The van der Waals surface area contributed by atoms with Crippen LogP contribution in [0.5, 0.6) is 0 Å². The molecule has 0 spiro atoms. The van der Waals surface area contributed by atoms with Gasteiger partial charge in [-0.3, -0.25) is 4.79 Å². The van der Waals surface area contributed by atoms with Gasteiger partial charge in [-0.25, -0.2) is 0 Å². The Morgan fingerprint density at radius 3 is 2.67 bits per heavy atom. The summed E-state index contributed by atoms with van der Waals surface area (Å²) >= 11 is 1.53. The van der Waals surface area contributed by atoms with E-state index in [0.29, 0.717) is 0 Å². The van der Waals surface area contributed by atoms with Gasteiger partial charge >= 0.3 is 0 Å². The van der Waals surface area contributed by atoms with Gasteiger partial charge in [0.2, 0.25) is 5.78 Å². The van der Waals surface area contributed by atoms with Crippen LogP contribution < -0.4 is 0 Å². The molecule has 15 heavy (non-hydrogen) atoms. The van der Waals surface area contributed by atoms with E-state index in [-0.39, 0.29) is 5.78 Å². The second kappa shape index (κ2) is 3.27. The van der Waals surface area contributed by atoms with Crippen molar-refractivity contribution >= 4 is 25.4 Å². The molecule has 0 saturated heterocycles. The van der Waals surface area contributed by atoms with Gasteiger partial charge in [-0.05, 0) is 43.6 Å². The third-order valence-corrected chi connectivity index (χ3v) is 4.51. The van der Waals surface area contributed by atoms with Crippen molar-refractivity contribution in [3.8, 4) is 0 Å². The van der Waals surface area contributed by atoms with Crippen molar-refractivity contribution in [2.24, 2.45) is 0 Å². The Labute approximate surface area is 95.4 Å². The summed E-state index contributed by atoms with van der Waals surface area (Å²) in [7, 11) is -1.67. The van der Waals surface area contributed by atoms with E-state index in [1.807, 2.05) is 18.4 Å². The van der Waals surface area contributed by atoms with E-state index in [0.717, 1.165) is 16.9 Å². The molecular formula is C11H16O2SSi. The van der Waals surface area contributed by atoms with Gasteiger partial charge in [0.1, 0.15) is 5.60 Å². The second-order valence-corrected chi connectivity index (χ2v) is 10.6. The van der Waals surface area contributed by atoms with Crippen molar-refractivity contribution in [2.75, 3.05) is 0 Å². The fraction of sp³-hybridized carbons (Fsp3) is 0.545. The number of Topliss-reactive ketones (excluding diaryl/α,β-unsaturated/α-hetero) is 1. The summed E-state index contributed by atoms with van der Waals surface area (Å²) in [5.41, 5.74) is 0.568. The van der Waals surface area contributed by atoms with E-state index in [1.165, 1.54) is 11.3 Å². The van der Waals surface area contributed by atoms with Crippen LogP contribution in [-0.2, 0) is 10.8 Å². The van der Waals surface area contributed by atoms with Crippen molar-refractivity contribution in [3.05, 3.63) is 21.9 Å². The summed E-state index contributed by atoms with van der Waals surface area (Å²) in [6.45, 7) is 8.30. The average Bonchev–Trinajstić information content (AvgIpc) is 2.53. The number of fused-ring (bicyclic) bond motifs is 1. The molecule has 0 saturated carbocycles. The summed E-state index contributed by atoms with van der Waals surface area (Å²) < 4.78 is 6.04. The SMILES string of the molecule is C[C@]1(O[Si](C)(C)C)Cc2ccsc2C1=O. The summed E-state index contributed by atoms with van der Waals surface area (Å²) in [5, 5.41) is 1.98. The molecular weight excluding hydrogens is 224 g/mol. The molecule has 4 heteroatoms. The van der Waals surface area contributed by atoms with Crippen LogP contribution in [0.4, 0.5) is 0 Å². The largest absolute Gasteiger partial charge is 0.405 e. The van der Waals surface area contributed by atoms with Crippen LogP contribution in [0.3, 0.4) is 0 Å². The molecule has 0 amide bonds. The highest BCUT2D eigenvalue weighted by Gasteiger charge is 2.45. The lowest BCUT2D eigenvalue weighted by Gasteiger charge is -2.31. The van der Waals surface area contributed by atoms with E-state index in [1.54, 1.807) is 0 Å². The molecule has 0 aliphatic heterocycles. The lowest BCUT2D eigenvalue weighted by molar-refractivity contribution is 0.0541. The van der Waals surface area contributed by atoms with Gasteiger partial charge in [-0.15, -0.1) is 11.3 Å². The van der Waals surface area contributed by atoms with Crippen molar-refractivity contribution in [2.45, 2.75) is 38.6 Å². The first-order valence-electron chi connectivity index (χ1n) is 5.13. The minimum Gasteiger partial charge on any atom is -0.405 e. The standard InChI is InChI=1S/C11H16O2SSi/c1-11(13-15(2,3)4)7-8-5-6-14-9(8)10(11)12/h5-6H,7H2,1-4H3/t11-/m0/s1. The zero-order valence-corrected chi connectivity index (χ0v) is 11.4. The van der Waals surface area contributed by atoms with Crippen molar-refractivity contribution in [1.82, 2.24) is 0 Å². The number of ketones is 1. The van der Waals surface area contributed by atoms with E-state index in [4.69, 9.17) is 4.43 Å². The number of hydrogen-bond acceptors (Lipinski definition) is 3. The maximum Gasteiger partial charge on any atom is 0.203 e. The highest BCUT2D eigenvalue weighted by Crippen LogP contribution is 2.37. The third kappa shape index (κ3) is 1.94. The van der Waals surface area contributed by atoms with Gasteiger partial charge in [0.15, 0.2) is 8.32 Å². The highest BCUT2D eigenvalue weighted by atomic mass is 32.1. The Morgan fingerprint density at radius 2 is 2.13 bits per heavy atom.